The van der Waals surface area contributed by atoms with Crippen LogP contribution in [0.4, 0.5) is 10.7 Å². The second kappa shape index (κ2) is 4.82. The highest BCUT2D eigenvalue weighted by molar-refractivity contribution is 5.84. The Morgan fingerprint density at radius 3 is 2.94 bits per heavy atom. The Morgan fingerprint density at radius 2 is 2.28 bits per heavy atom. The molecular formula is C11H14N4O3. The maximum Gasteiger partial charge on any atom is 0.404 e. The zero-order chi connectivity index (χ0) is 13.1. The molecule has 0 saturated heterocycles. The number of hydrogen-bond donors (Lipinski definition) is 2. The van der Waals surface area contributed by atoms with Crippen molar-refractivity contribution in [2.24, 2.45) is 5.73 Å². The molecule has 0 unspecified atom stereocenters. The van der Waals surface area contributed by atoms with E-state index in [4.69, 9.17) is 16.2 Å². The van der Waals surface area contributed by atoms with Gasteiger partial charge in [-0.2, -0.15) is 0 Å². The van der Waals surface area contributed by atoms with Gasteiger partial charge in [0.05, 0.1) is 19.2 Å². The van der Waals surface area contributed by atoms with Crippen LogP contribution in [0.1, 0.15) is 0 Å². The number of rotatable bonds is 4. The molecule has 0 aliphatic rings. The minimum Gasteiger partial charge on any atom is -0.494 e. The van der Waals surface area contributed by atoms with Gasteiger partial charge in [0.25, 0.3) is 0 Å². The summed E-state index contributed by atoms with van der Waals surface area (Å²) in [5.41, 5.74) is 12.2. The molecule has 1 aromatic carbocycles. The van der Waals surface area contributed by atoms with Crippen LogP contribution < -0.4 is 16.2 Å². The van der Waals surface area contributed by atoms with Crippen molar-refractivity contribution in [3.8, 4) is 5.75 Å². The first-order valence-electron chi connectivity index (χ1n) is 5.34. The number of anilines is 1. The fourth-order valence-corrected chi connectivity index (χ4v) is 1.78. The predicted octanol–water partition coefficient (Wildman–Crippen LogP) is 0.722. The summed E-state index contributed by atoms with van der Waals surface area (Å²) in [6.45, 7) is 0.528. The minimum atomic E-state index is -0.810. The van der Waals surface area contributed by atoms with Crippen molar-refractivity contribution in [2.75, 3.05) is 19.5 Å². The fraction of sp³-hybridized carbons (Fsp3) is 0.273. The Labute approximate surface area is 103 Å². The minimum absolute atomic E-state index is 0.141. The number of amides is 1. The zero-order valence-corrected chi connectivity index (χ0v) is 9.92. The zero-order valence-electron chi connectivity index (χ0n) is 9.92. The van der Waals surface area contributed by atoms with E-state index in [0.717, 1.165) is 5.52 Å². The molecule has 1 heterocycles. The Kier molecular flexibility index (Phi) is 3.22. The van der Waals surface area contributed by atoms with E-state index in [9.17, 15) is 4.79 Å². The van der Waals surface area contributed by atoms with Gasteiger partial charge in [0.15, 0.2) is 0 Å². The van der Waals surface area contributed by atoms with Gasteiger partial charge in [-0.3, -0.25) is 0 Å². The number of aromatic nitrogens is 2. The molecule has 0 fully saturated rings. The van der Waals surface area contributed by atoms with Gasteiger partial charge in [-0.1, -0.05) is 6.07 Å². The number of benzene rings is 1. The van der Waals surface area contributed by atoms with E-state index in [2.05, 4.69) is 9.72 Å². The summed E-state index contributed by atoms with van der Waals surface area (Å²) in [6, 6.07) is 5.51. The first-order valence-corrected chi connectivity index (χ1v) is 5.34. The van der Waals surface area contributed by atoms with Crippen molar-refractivity contribution >= 4 is 23.1 Å². The lowest BCUT2D eigenvalue weighted by Gasteiger charge is -2.06. The lowest BCUT2D eigenvalue weighted by molar-refractivity contribution is 0.153. The smallest absolute Gasteiger partial charge is 0.404 e. The first-order chi connectivity index (χ1) is 8.63. The van der Waals surface area contributed by atoms with Crippen molar-refractivity contribution in [1.29, 1.82) is 0 Å². The van der Waals surface area contributed by atoms with Gasteiger partial charge in [0.2, 0.25) is 5.95 Å². The standard InChI is InChI=1S/C11H14N4O3/c1-17-8-4-2-3-7-9(8)14-10(12)15(7)5-6-18-11(13)16/h2-4H,5-6H2,1H3,(H2,12,14)(H2,13,16). The number of fused-ring (bicyclic) bond motifs is 1. The van der Waals surface area contributed by atoms with Crippen LogP contribution in [0.3, 0.4) is 0 Å². The summed E-state index contributed by atoms with van der Waals surface area (Å²) in [6.07, 6.45) is -0.810. The third-order valence-electron chi connectivity index (χ3n) is 2.55. The van der Waals surface area contributed by atoms with Crippen LogP contribution in [0.25, 0.3) is 11.0 Å². The lowest BCUT2D eigenvalue weighted by Crippen LogP contribution is -2.17. The first kappa shape index (κ1) is 12.0. The Morgan fingerprint density at radius 1 is 1.50 bits per heavy atom. The van der Waals surface area contributed by atoms with Gasteiger partial charge >= 0.3 is 6.09 Å². The van der Waals surface area contributed by atoms with E-state index in [1.807, 2.05) is 12.1 Å². The summed E-state index contributed by atoms with van der Waals surface area (Å²) in [7, 11) is 1.57. The third kappa shape index (κ3) is 2.15. The lowest BCUT2D eigenvalue weighted by atomic mass is 10.3. The van der Waals surface area contributed by atoms with Crippen LogP contribution in [0.5, 0.6) is 5.75 Å². The largest absolute Gasteiger partial charge is 0.494 e. The van der Waals surface area contributed by atoms with Crippen LogP contribution in [0, 0.1) is 0 Å². The molecule has 0 saturated carbocycles. The summed E-state index contributed by atoms with van der Waals surface area (Å²) in [5, 5.41) is 0. The van der Waals surface area contributed by atoms with Gasteiger partial charge in [0.1, 0.15) is 17.9 Å². The van der Waals surface area contributed by atoms with E-state index in [-0.39, 0.29) is 6.61 Å². The molecule has 2 aromatic rings. The highest BCUT2D eigenvalue weighted by Gasteiger charge is 2.11. The Bertz CT molecular complexity index is 579. The molecule has 2 rings (SSSR count). The second-order valence-corrected chi connectivity index (χ2v) is 3.62. The molecule has 96 valence electrons. The second-order valence-electron chi connectivity index (χ2n) is 3.62. The number of nitrogens with zero attached hydrogens (tertiary/aromatic N) is 2. The molecule has 0 aliphatic carbocycles. The number of hydrogen-bond acceptors (Lipinski definition) is 5. The van der Waals surface area contributed by atoms with Gasteiger partial charge in [0, 0.05) is 0 Å². The molecule has 0 spiro atoms. The SMILES string of the molecule is COc1cccc2c1nc(N)n2CCOC(N)=O. The molecule has 0 radical (unpaired) electrons. The van der Waals surface area contributed by atoms with E-state index >= 15 is 0 Å². The van der Waals surface area contributed by atoms with Crippen LogP contribution in [0.15, 0.2) is 18.2 Å². The molecule has 18 heavy (non-hydrogen) atoms. The van der Waals surface area contributed by atoms with Crippen molar-refractivity contribution in [2.45, 2.75) is 6.54 Å². The number of methoxy groups -OCH3 is 1. The topological polar surface area (TPSA) is 105 Å². The number of para-hydroxylation sites is 1. The van der Waals surface area contributed by atoms with E-state index in [1.165, 1.54) is 0 Å². The Hall–Kier alpha value is -2.44. The highest BCUT2D eigenvalue weighted by Crippen LogP contribution is 2.26. The summed E-state index contributed by atoms with van der Waals surface area (Å²) < 4.78 is 11.6. The molecule has 0 bridgehead atoms. The fourth-order valence-electron chi connectivity index (χ4n) is 1.78. The van der Waals surface area contributed by atoms with E-state index in [0.29, 0.717) is 23.8 Å². The van der Waals surface area contributed by atoms with Crippen LogP contribution in [-0.4, -0.2) is 29.4 Å². The molecule has 0 aliphatic heterocycles. The molecular weight excluding hydrogens is 236 g/mol. The molecule has 4 N–H and O–H groups in total. The number of ether oxygens (including phenoxy) is 2. The molecule has 1 amide bonds. The molecule has 7 heteroatoms. The highest BCUT2D eigenvalue weighted by atomic mass is 16.5. The van der Waals surface area contributed by atoms with Gasteiger partial charge in [-0.05, 0) is 12.1 Å². The predicted molar refractivity (Wildman–Crippen MR) is 66.2 cm³/mol. The Balaban J connectivity index is 2.32. The summed E-state index contributed by atoms with van der Waals surface area (Å²) in [5.74, 6) is 0.983. The van der Waals surface area contributed by atoms with Crippen LogP contribution in [0.2, 0.25) is 0 Å². The third-order valence-corrected chi connectivity index (χ3v) is 2.55. The number of carbonyl (C=O) groups is 1. The number of primary amides is 1. The van der Waals surface area contributed by atoms with E-state index < -0.39 is 6.09 Å². The monoisotopic (exact) mass is 250 g/mol. The van der Waals surface area contributed by atoms with E-state index in [1.54, 1.807) is 17.7 Å². The van der Waals surface area contributed by atoms with Crippen molar-refractivity contribution in [3.05, 3.63) is 18.2 Å². The van der Waals surface area contributed by atoms with Crippen molar-refractivity contribution in [3.63, 3.8) is 0 Å². The maximum atomic E-state index is 10.5. The van der Waals surface area contributed by atoms with Crippen LogP contribution >= 0.6 is 0 Å². The van der Waals surface area contributed by atoms with Crippen molar-refractivity contribution < 1.29 is 14.3 Å². The quantitative estimate of drug-likeness (QED) is 0.831. The van der Waals surface area contributed by atoms with Crippen molar-refractivity contribution in [1.82, 2.24) is 9.55 Å². The van der Waals surface area contributed by atoms with Gasteiger partial charge in [-0.25, -0.2) is 9.78 Å². The average molecular weight is 250 g/mol. The number of nitrogen functional groups attached to an aromatic ring is 1. The number of carbonyl (C=O) groups excluding carboxylic acids is 1. The summed E-state index contributed by atoms with van der Waals surface area (Å²) >= 11 is 0. The maximum absolute atomic E-state index is 10.5. The normalized spacial score (nSPS) is 10.5. The molecule has 7 nitrogen and oxygen atoms in total. The molecule has 0 atom stereocenters. The summed E-state index contributed by atoms with van der Waals surface area (Å²) in [4.78, 5) is 14.7. The average Bonchev–Trinajstić information content (AvgIpc) is 2.65. The van der Waals surface area contributed by atoms with Crippen LogP contribution in [-0.2, 0) is 11.3 Å². The number of imidazole rings is 1. The number of nitrogens with two attached hydrogens (primary N) is 2. The van der Waals surface area contributed by atoms with Gasteiger partial charge in [-0.15, -0.1) is 0 Å². The molecule has 1 aromatic heterocycles. The van der Waals surface area contributed by atoms with Gasteiger partial charge < -0.3 is 25.5 Å².